The third-order valence-electron chi connectivity index (χ3n) is 5.50. The van der Waals surface area contributed by atoms with E-state index in [0.717, 1.165) is 18.4 Å². The van der Waals surface area contributed by atoms with Crippen LogP contribution in [0.4, 0.5) is 0 Å². The van der Waals surface area contributed by atoms with Gasteiger partial charge >= 0.3 is 0 Å². The average Bonchev–Trinajstić information content (AvgIpc) is 2.62. The maximum atomic E-state index is 6.25. The molecule has 0 amide bonds. The largest absolute Gasteiger partial charge is 0.329 e. The van der Waals surface area contributed by atoms with Crippen LogP contribution in [0.2, 0.25) is 0 Å². The van der Waals surface area contributed by atoms with E-state index in [4.69, 9.17) is 5.73 Å². The number of nitrogens with zero attached hydrogens (tertiary/aromatic N) is 1. The maximum Gasteiger partial charge on any atom is 0.0365 e. The molecule has 100 valence electrons. The molecule has 1 aliphatic carbocycles. The molecule has 1 aliphatic heterocycles. The lowest BCUT2D eigenvalue weighted by atomic mass is 9.67. The average molecular weight is 238 g/mol. The van der Waals surface area contributed by atoms with E-state index in [1.165, 1.54) is 38.6 Å². The molecule has 2 N–H and O–H groups in total. The molecular formula is C15H30N2. The predicted molar refractivity (Wildman–Crippen MR) is 74.0 cm³/mol. The summed E-state index contributed by atoms with van der Waals surface area (Å²) in [5.41, 5.74) is 6.88. The number of nitrogens with two attached hydrogens (primary N) is 1. The first kappa shape index (κ1) is 13.4. The van der Waals surface area contributed by atoms with E-state index in [2.05, 4.69) is 32.6 Å². The van der Waals surface area contributed by atoms with Gasteiger partial charge in [-0.15, -0.1) is 0 Å². The molecule has 0 aromatic carbocycles. The molecule has 1 saturated carbocycles. The van der Waals surface area contributed by atoms with Gasteiger partial charge in [0.05, 0.1) is 0 Å². The van der Waals surface area contributed by atoms with Gasteiger partial charge in [-0.25, -0.2) is 0 Å². The standard InChI is InChI=1S/C15H30N2/c1-12-6-7-13(2)15(10-12,11-16)17-9-5-8-14(17,3)4/h12-13H,5-11,16H2,1-4H3. The van der Waals surface area contributed by atoms with Crippen molar-refractivity contribution in [2.24, 2.45) is 17.6 Å². The van der Waals surface area contributed by atoms with Gasteiger partial charge in [-0.05, 0) is 57.9 Å². The summed E-state index contributed by atoms with van der Waals surface area (Å²) < 4.78 is 0. The zero-order chi connectivity index (χ0) is 12.7. The molecule has 2 aliphatic rings. The van der Waals surface area contributed by atoms with Crippen molar-refractivity contribution >= 4 is 0 Å². The van der Waals surface area contributed by atoms with Gasteiger partial charge in [-0.2, -0.15) is 0 Å². The lowest BCUT2D eigenvalue weighted by molar-refractivity contribution is -0.0403. The Hall–Kier alpha value is -0.0800. The summed E-state index contributed by atoms with van der Waals surface area (Å²) in [7, 11) is 0. The van der Waals surface area contributed by atoms with Gasteiger partial charge in [0.1, 0.15) is 0 Å². The van der Waals surface area contributed by atoms with E-state index in [-0.39, 0.29) is 5.54 Å². The molecule has 0 aromatic heterocycles. The molecule has 0 aromatic rings. The Morgan fingerprint density at radius 2 is 1.94 bits per heavy atom. The molecule has 1 heterocycles. The third kappa shape index (κ3) is 2.15. The fourth-order valence-electron chi connectivity index (χ4n) is 4.41. The minimum absolute atomic E-state index is 0.275. The summed E-state index contributed by atoms with van der Waals surface area (Å²) in [5.74, 6) is 1.59. The first-order chi connectivity index (χ1) is 7.92. The maximum absolute atomic E-state index is 6.25. The predicted octanol–water partition coefficient (Wildman–Crippen LogP) is 3.01. The van der Waals surface area contributed by atoms with Gasteiger partial charge in [0.2, 0.25) is 0 Å². The molecule has 17 heavy (non-hydrogen) atoms. The summed E-state index contributed by atoms with van der Waals surface area (Å²) in [6.45, 7) is 11.7. The highest BCUT2D eigenvalue weighted by Crippen LogP contribution is 2.46. The van der Waals surface area contributed by atoms with Crippen LogP contribution >= 0.6 is 0 Å². The number of hydrogen-bond donors (Lipinski definition) is 1. The Bertz CT molecular complexity index is 274. The highest BCUT2D eigenvalue weighted by Gasteiger charge is 2.50. The molecule has 0 bridgehead atoms. The topological polar surface area (TPSA) is 29.3 Å². The van der Waals surface area contributed by atoms with Crippen molar-refractivity contribution in [1.82, 2.24) is 4.90 Å². The smallest absolute Gasteiger partial charge is 0.0365 e. The Morgan fingerprint density at radius 1 is 1.24 bits per heavy atom. The van der Waals surface area contributed by atoms with Gasteiger partial charge < -0.3 is 5.73 Å². The second-order valence-corrected chi connectivity index (χ2v) is 7.16. The second kappa shape index (κ2) is 4.55. The van der Waals surface area contributed by atoms with Gasteiger partial charge in [-0.3, -0.25) is 4.90 Å². The van der Waals surface area contributed by atoms with Crippen LogP contribution in [0.15, 0.2) is 0 Å². The quantitative estimate of drug-likeness (QED) is 0.801. The molecule has 2 nitrogen and oxygen atoms in total. The number of likely N-dealkylation sites (tertiary alicyclic amines) is 1. The number of rotatable bonds is 2. The fraction of sp³-hybridized carbons (Fsp3) is 1.00. The first-order valence-corrected chi connectivity index (χ1v) is 7.40. The van der Waals surface area contributed by atoms with Crippen molar-refractivity contribution in [1.29, 1.82) is 0 Å². The molecular weight excluding hydrogens is 208 g/mol. The SMILES string of the molecule is CC1CCC(C)C(CN)(N2CCCC2(C)C)C1. The molecule has 3 atom stereocenters. The molecule has 0 radical (unpaired) electrons. The van der Waals surface area contributed by atoms with Crippen LogP contribution in [0.5, 0.6) is 0 Å². The fourth-order valence-corrected chi connectivity index (χ4v) is 4.41. The van der Waals surface area contributed by atoms with Crippen LogP contribution in [0.3, 0.4) is 0 Å². The molecule has 2 fully saturated rings. The van der Waals surface area contributed by atoms with Crippen molar-refractivity contribution in [3.63, 3.8) is 0 Å². The van der Waals surface area contributed by atoms with Gasteiger partial charge in [0.15, 0.2) is 0 Å². The Kier molecular flexibility index (Phi) is 3.57. The summed E-state index contributed by atoms with van der Waals surface area (Å²) in [5, 5.41) is 0. The van der Waals surface area contributed by atoms with Crippen molar-refractivity contribution in [2.75, 3.05) is 13.1 Å². The lowest BCUT2D eigenvalue weighted by Crippen LogP contribution is -2.64. The zero-order valence-electron chi connectivity index (χ0n) is 12.1. The highest BCUT2D eigenvalue weighted by atomic mass is 15.3. The summed E-state index contributed by atoms with van der Waals surface area (Å²) in [6, 6.07) is 0. The second-order valence-electron chi connectivity index (χ2n) is 7.16. The Balaban J connectivity index is 2.29. The lowest BCUT2D eigenvalue weighted by Gasteiger charge is -2.55. The summed E-state index contributed by atoms with van der Waals surface area (Å²) in [6.07, 6.45) is 6.71. The van der Waals surface area contributed by atoms with Gasteiger partial charge in [0.25, 0.3) is 0 Å². The van der Waals surface area contributed by atoms with Crippen LogP contribution in [0.1, 0.15) is 59.8 Å². The Labute approximate surface area is 107 Å². The van der Waals surface area contributed by atoms with Crippen LogP contribution in [0, 0.1) is 11.8 Å². The summed E-state index contributed by atoms with van der Waals surface area (Å²) in [4.78, 5) is 2.76. The minimum atomic E-state index is 0.275. The van der Waals surface area contributed by atoms with E-state index in [1.54, 1.807) is 0 Å². The van der Waals surface area contributed by atoms with Crippen molar-refractivity contribution in [3.05, 3.63) is 0 Å². The Morgan fingerprint density at radius 3 is 2.47 bits per heavy atom. The van der Waals surface area contributed by atoms with Gasteiger partial charge in [0, 0.05) is 17.6 Å². The van der Waals surface area contributed by atoms with Crippen LogP contribution < -0.4 is 5.73 Å². The molecule has 3 unspecified atom stereocenters. The van der Waals surface area contributed by atoms with Crippen molar-refractivity contribution in [2.45, 2.75) is 70.9 Å². The summed E-state index contributed by atoms with van der Waals surface area (Å²) >= 11 is 0. The molecule has 1 saturated heterocycles. The molecule has 2 rings (SSSR count). The van der Waals surface area contributed by atoms with Crippen LogP contribution in [0.25, 0.3) is 0 Å². The molecule has 0 spiro atoms. The van der Waals surface area contributed by atoms with Crippen LogP contribution in [-0.4, -0.2) is 29.1 Å². The van der Waals surface area contributed by atoms with Crippen molar-refractivity contribution in [3.8, 4) is 0 Å². The third-order valence-corrected chi connectivity index (χ3v) is 5.50. The zero-order valence-corrected chi connectivity index (χ0v) is 12.1. The van der Waals surface area contributed by atoms with Gasteiger partial charge in [-0.1, -0.05) is 20.3 Å². The monoisotopic (exact) mass is 238 g/mol. The van der Waals surface area contributed by atoms with E-state index in [1.807, 2.05) is 0 Å². The number of hydrogen-bond acceptors (Lipinski definition) is 2. The highest BCUT2D eigenvalue weighted by molar-refractivity contribution is 5.06. The van der Waals surface area contributed by atoms with E-state index >= 15 is 0 Å². The van der Waals surface area contributed by atoms with E-state index in [0.29, 0.717) is 5.54 Å². The minimum Gasteiger partial charge on any atom is -0.329 e. The van der Waals surface area contributed by atoms with Crippen molar-refractivity contribution < 1.29 is 0 Å². The van der Waals surface area contributed by atoms with E-state index in [9.17, 15) is 0 Å². The first-order valence-electron chi connectivity index (χ1n) is 7.40. The van der Waals surface area contributed by atoms with E-state index < -0.39 is 0 Å². The molecule has 2 heteroatoms. The normalized spacial score (nSPS) is 42.9. The van der Waals surface area contributed by atoms with Crippen LogP contribution in [-0.2, 0) is 0 Å².